The van der Waals surface area contributed by atoms with Gasteiger partial charge in [0, 0.05) is 13.2 Å². The molecule has 0 radical (unpaired) electrons. The lowest BCUT2D eigenvalue weighted by molar-refractivity contribution is 0.156. The predicted octanol–water partition coefficient (Wildman–Crippen LogP) is -0.452. The molecule has 2 rings (SSSR count). The fourth-order valence-corrected chi connectivity index (χ4v) is 1.16. The van der Waals surface area contributed by atoms with Gasteiger partial charge in [0.1, 0.15) is 12.3 Å². The maximum Gasteiger partial charge on any atom is 0.349 e. The van der Waals surface area contributed by atoms with Crippen LogP contribution in [0.25, 0.3) is 11.5 Å². The zero-order valence-corrected chi connectivity index (χ0v) is 8.43. The standard InChI is InChI=1S/C8H9N5O3/c1-15-3-4-2-5(13-16-4)6-10-7(9)12-8(14)11-6/h2H,3H2,1H3,(H3,9,10,11,12,14). The van der Waals surface area contributed by atoms with Crippen LogP contribution in [-0.2, 0) is 11.3 Å². The zero-order valence-electron chi connectivity index (χ0n) is 8.43. The average Bonchev–Trinajstić information content (AvgIpc) is 2.65. The highest BCUT2D eigenvalue weighted by Gasteiger charge is 2.09. The number of hydrogen-bond acceptors (Lipinski definition) is 7. The van der Waals surface area contributed by atoms with E-state index in [2.05, 4.69) is 20.1 Å². The fraction of sp³-hybridized carbons (Fsp3) is 0.250. The second kappa shape index (κ2) is 4.11. The molecule has 2 aromatic rings. The first-order chi connectivity index (χ1) is 7.69. The minimum atomic E-state index is -0.584. The Morgan fingerprint density at radius 1 is 1.56 bits per heavy atom. The summed E-state index contributed by atoms with van der Waals surface area (Å²) >= 11 is 0. The van der Waals surface area contributed by atoms with E-state index in [0.29, 0.717) is 11.5 Å². The molecule has 8 heteroatoms. The minimum absolute atomic E-state index is 0.116. The molecule has 0 bridgehead atoms. The van der Waals surface area contributed by atoms with Gasteiger partial charge in [-0.05, 0) is 0 Å². The third kappa shape index (κ3) is 2.06. The molecular weight excluding hydrogens is 214 g/mol. The lowest BCUT2D eigenvalue weighted by Gasteiger charge is -1.94. The Labute approximate surface area is 89.5 Å². The van der Waals surface area contributed by atoms with E-state index in [0.717, 1.165) is 0 Å². The van der Waals surface area contributed by atoms with Crippen molar-refractivity contribution < 1.29 is 9.26 Å². The SMILES string of the molecule is COCc1cc(-c2nc(N)nc(=O)[nH]2)no1. The quantitative estimate of drug-likeness (QED) is 0.722. The zero-order chi connectivity index (χ0) is 11.5. The van der Waals surface area contributed by atoms with Crippen LogP contribution in [0.3, 0.4) is 0 Å². The van der Waals surface area contributed by atoms with Crippen LogP contribution in [0, 0.1) is 0 Å². The molecule has 3 N–H and O–H groups in total. The summed E-state index contributed by atoms with van der Waals surface area (Å²) in [5.74, 6) is 0.620. The van der Waals surface area contributed by atoms with Crippen LogP contribution in [0.4, 0.5) is 5.95 Å². The van der Waals surface area contributed by atoms with Gasteiger partial charge >= 0.3 is 5.69 Å². The van der Waals surface area contributed by atoms with E-state index in [1.54, 1.807) is 6.07 Å². The summed E-state index contributed by atoms with van der Waals surface area (Å²) in [6.07, 6.45) is 0. The lowest BCUT2D eigenvalue weighted by atomic mass is 10.3. The van der Waals surface area contributed by atoms with Gasteiger partial charge in [0.05, 0.1) is 0 Å². The summed E-state index contributed by atoms with van der Waals surface area (Å²) in [6, 6.07) is 1.60. The van der Waals surface area contributed by atoms with Gasteiger partial charge in [-0.3, -0.25) is 4.98 Å². The first-order valence-corrected chi connectivity index (χ1v) is 4.38. The number of nitrogens with two attached hydrogens (primary N) is 1. The molecule has 2 heterocycles. The Morgan fingerprint density at radius 3 is 3.06 bits per heavy atom. The second-order valence-electron chi connectivity index (χ2n) is 2.97. The van der Waals surface area contributed by atoms with E-state index in [9.17, 15) is 4.79 Å². The number of aromatic amines is 1. The fourth-order valence-electron chi connectivity index (χ4n) is 1.16. The molecular formula is C8H9N5O3. The van der Waals surface area contributed by atoms with Crippen molar-refractivity contribution in [2.45, 2.75) is 6.61 Å². The summed E-state index contributed by atoms with van der Waals surface area (Å²) in [5.41, 5.74) is 5.13. The highest BCUT2D eigenvalue weighted by Crippen LogP contribution is 2.14. The van der Waals surface area contributed by atoms with E-state index in [4.69, 9.17) is 15.0 Å². The molecule has 0 aromatic carbocycles. The first-order valence-electron chi connectivity index (χ1n) is 4.38. The van der Waals surface area contributed by atoms with Crippen LogP contribution in [0.15, 0.2) is 15.4 Å². The van der Waals surface area contributed by atoms with Gasteiger partial charge < -0.3 is 15.0 Å². The van der Waals surface area contributed by atoms with Gasteiger partial charge in [0.2, 0.25) is 5.95 Å². The van der Waals surface area contributed by atoms with Gasteiger partial charge in [0.25, 0.3) is 0 Å². The number of methoxy groups -OCH3 is 1. The van der Waals surface area contributed by atoms with Crippen molar-refractivity contribution in [3.8, 4) is 11.5 Å². The van der Waals surface area contributed by atoms with Crippen molar-refractivity contribution in [1.29, 1.82) is 0 Å². The Hall–Kier alpha value is -2.22. The summed E-state index contributed by atoms with van der Waals surface area (Å²) in [7, 11) is 1.53. The van der Waals surface area contributed by atoms with E-state index in [-0.39, 0.29) is 18.4 Å². The molecule has 0 aliphatic heterocycles. The molecule has 0 unspecified atom stereocenters. The first kappa shape index (κ1) is 10.3. The summed E-state index contributed by atoms with van der Waals surface area (Å²) in [4.78, 5) is 20.6. The van der Waals surface area contributed by atoms with Gasteiger partial charge in [-0.1, -0.05) is 5.16 Å². The van der Waals surface area contributed by atoms with Gasteiger partial charge in [-0.2, -0.15) is 9.97 Å². The van der Waals surface area contributed by atoms with Gasteiger partial charge in [0.15, 0.2) is 11.6 Å². The van der Waals surface area contributed by atoms with Crippen LogP contribution < -0.4 is 11.4 Å². The maximum absolute atomic E-state index is 11.0. The molecule has 0 amide bonds. The molecule has 0 fully saturated rings. The Balaban J connectivity index is 2.38. The number of anilines is 1. The third-order valence-electron chi connectivity index (χ3n) is 1.76. The third-order valence-corrected chi connectivity index (χ3v) is 1.76. The second-order valence-corrected chi connectivity index (χ2v) is 2.97. The smallest absolute Gasteiger partial charge is 0.349 e. The number of H-pyrrole nitrogens is 1. The van der Waals surface area contributed by atoms with Crippen molar-refractivity contribution in [3.63, 3.8) is 0 Å². The minimum Gasteiger partial charge on any atom is -0.377 e. The molecule has 0 aliphatic carbocycles. The topological polar surface area (TPSA) is 120 Å². The Morgan fingerprint density at radius 2 is 2.38 bits per heavy atom. The lowest BCUT2D eigenvalue weighted by Crippen LogP contribution is -2.15. The number of nitrogen functional groups attached to an aromatic ring is 1. The van der Waals surface area contributed by atoms with Crippen LogP contribution in [0.5, 0.6) is 0 Å². The number of rotatable bonds is 3. The van der Waals surface area contributed by atoms with Crippen LogP contribution in [0.1, 0.15) is 5.76 Å². The molecule has 0 spiro atoms. The summed E-state index contributed by atoms with van der Waals surface area (Å²) < 4.78 is 9.80. The largest absolute Gasteiger partial charge is 0.377 e. The maximum atomic E-state index is 11.0. The van der Waals surface area contributed by atoms with Crippen LogP contribution in [0.2, 0.25) is 0 Å². The monoisotopic (exact) mass is 223 g/mol. The van der Waals surface area contributed by atoms with E-state index < -0.39 is 5.69 Å². The highest BCUT2D eigenvalue weighted by atomic mass is 16.5. The number of ether oxygens (including phenoxy) is 1. The molecule has 0 aliphatic rings. The Bertz CT molecular complexity index is 547. The van der Waals surface area contributed by atoms with Gasteiger partial charge in [-0.15, -0.1) is 0 Å². The predicted molar refractivity (Wildman–Crippen MR) is 53.3 cm³/mol. The summed E-state index contributed by atoms with van der Waals surface area (Å²) in [6.45, 7) is 0.289. The van der Waals surface area contributed by atoms with Gasteiger partial charge in [-0.25, -0.2) is 4.79 Å². The number of aromatic nitrogens is 4. The Kier molecular flexibility index (Phi) is 2.64. The van der Waals surface area contributed by atoms with Crippen molar-refractivity contribution in [3.05, 3.63) is 22.3 Å². The van der Waals surface area contributed by atoms with Crippen molar-refractivity contribution in [1.82, 2.24) is 20.1 Å². The number of hydrogen-bond donors (Lipinski definition) is 2. The molecule has 16 heavy (non-hydrogen) atoms. The molecule has 84 valence electrons. The number of nitrogens with zero attached hydrogens (tertiary/aromatic N) is 3. The normalized spacial score (nSPS) is 10.6. The molecule has 0 saturated carbocycles. The van der Waals surface area contributed by atoms with Crippen molar-refractivity contribution in [2.24, 2.45) is 0 Å². The number of nitrogens with one attached hydrogen (secondary N) is 1. The van der Waals surface area contributed by atoms with E-state index >= 15 is 0 Å². The van der Waals surface area contributed by atoms with E-state index in [1.165, 1.54) is 7.11 Å². The highest BCUT2D eigenvalue weighted by molar-refractivity contribution is 5.49. The van der Waals surface area contributed by atoms with E-state index in [1.807, 2.05) is 0 Å². The van der Waals surface area contributed by atoms with Crippen molar-refractivity contribution >= 4 is 5.95 Å². The van der Waals surface area contributed by atoms with Crippen LogP contribution >= 0.6 is 0 Å². The summed E-state index contributed by atoms with van der Waals surface area (Å²) in [5, 5.41) is 3.72. The molecule has 8 nitrogen and oxygen atoms in total. The van der Waals surface area contributed by atoms with Crippen LogP contribution in [-0.4, -0.2) is 27.2 Å². The molecule has 0 saturated heterocycles. The molecule has 0 atom stereocenters. The van der Waals surface area contributed by atoms with Crippen molar-refractivity contribution in [2.75, 3.05) is 12.8 Å². The average molecular weight is 223 g/mol. The molecule has 2 aromatic heterocycles.